The minimum absolute atomic E-state index is 0.0169. The van der Waals surface area contributed by atoms with Crippen molar-refractivity contribution >= 4 is 18.4 Å². The summed E-state index contributed by atoms with van der Waals surface area (Å²) in [6, 6.07) is 0.517. The van der Waals surface area contributed by atoms with Crippen LogP contribution in [-0.4, -0.2) is 42.0 Å². The van der Waals surface area contributed by atoms with Gasteiger partial charge in [-0.25, -0.2) is 4.79 Å². The fourth-order valence-corrected chi connectivity index (χ4v) is 6.33. The van der Waals surface area contributed by atoms with Gasteiger partial charge in [-0.05, 0) is 80.9 Å². The van der Waals surface area contributed by atoms with Gasteiger partial charge in [0.05, 0.1) is 11.7 Å². The van der Waals surface area contributed by atoms with Crippen LogP contribution in [0.2, 0.25) is 0 Å². The molecule has 10 heteroatoms. The third-order valence-corrected chi connectivity index (χ3v) is 8.85. The van der Waals surface area contributed by atoms with Gasteiger partial charge >= 0.3 is 11.8 Å². The van der Waals surface area contributed by atoms with Crippen LogP contribution in [0.1, 0.15) is 115 Å². The molecule has 4 atom stereocenters. The number of ether oxygens (including phenoxy) is 1. The molecule has 0 aliphatic heterocycles. The maximum absolute atomic E-state index is 13.8. The molecule has 2 aliphatic rings. The molecule has 0 saturated heterocycles. The van der Waals surface area contributed by atoms with Crippen molar-refractivity contribution in [3.8, 4) is 0 Å². The van der Waals surface area contributed by atoms with Crippen molar-refractivity contribution in [1.82, 2.24) is 4.90 Å². The Morgan fingerprint density at radius 2 is 1.95 bits per heavy atom. The number of nitrogens with two attached hydrogens (primary N) is 1. The SMILES string of the molecule is CCCC1=Cc2c(C(F)(F)F)cc(=O)oc2C(CCC)C1OCCCCN(C=O)C(=O)[C@@](C)(N)C1=CCC(C(C)C)CC1. The van der Waals surface area contributed by atoms with Gasteiger partial charge in [0.2, 0.25) is 6.41 Å². The Morgan fingerprint density at radius 1 is 1.23 bits per heavy atom. The predicted molar refractivity (Wildman–Crippen MR) is 160 cm³/mol. The molecule has 240 valence electrons. The van der Waals surface area contributed by atoms with Gasteiger partial charge in [0.1, 0.15) is 11.3 Å². The van der Waals surface area contributed by atoms with E-state index in [0.29, 0.717) is 62.8 Å². The van der Waals surface area contributed by atoms with Crippen molar-refractivity contribution in [2.75, 3.05) is 13.2 Å². The summed E-state index contributed by atoms with van der Waals surface area (Å²) in [7, 11) is 0. The monoisotopic (exact) mass is 608 g/mol. The van der Waals surface area contributed by atoms with Crippen molar-refractivity contribution in [3.63, 3.8) is 0 Å². The molecule has 0 aromatic carbocycles. The highest BCUT2D eigenvalue weighted by Crippen LogP contribution is 2.44. The quantitative estimate of drug-likeness (QED) is 0.139. The van der Waals surface area contributed by atoms with Gasteiger partial charge in [0.25, 0.3) is 5.91 Å². The summed E-state index contributed by atoms with van der Waals surface area (Å²) in [5.41, 5.74) is 4.71. The first-order valence-corrected chi connectivity index (χ1v) is 15.6. The van der Waals surface area contributed by atoms with Gasteiger partial charge in [-0.3, -0.25) is 14.5 Å². The fourth-order valence-electron chi connectivity index (χ4n) is 6.33. The number of rotatable bonds is 14. The third kappa shape index (κ3) is 8.26. The summed E-state index contributed by atoms with van der Waals surface area (Å²) in [5.74, 6) is 0.154. The van der Waals surface area contributed by atoms with E-state index in [9.17, 15) is 27.6 Å². The van der Waals surface area contributed by atoms with Crippen LogP contribution in [0.5, 0.6) is 0 Å². The maximum Gasteiger partial charge on any atom is 0.417 e. The van der Waals surface area contributed by atoms with Gasteiger partial charge in [0.15, 0.2) is 0 Å². The average molecular weight is 609 g/mol. The van der Waals surface area contributed by atoms with E-state index in [2.05, 4.69) is 19.9 Å². The highest BCUT2D eigenvalue weighted by atomic mass is 19.4. The molecule has 3 unspecified atom stereocenters. The Labute approximate surface area is 252 Å². The van der Waals surface area contributed by atoms with Crippen molar-refractivity contribution in [1.29, 1.82) is 0 Å². The molecule has 3 rings (SSSR count). The molecule has 2 aliphatic carbocycles. The number of unbranched alkanes of at least 4 members (excludes halogenated alkanes) is 1. The number of fused-ring (bicyclic) bond motifs is 1. The number of carbonyl (C=O) groups excluding carboxylic acids is 2. The maximum atomic E-state index is 13.8. The van der Waals surface area contributed by atoms with E-state index in [1.807, 2.05) is 13.8 Å². The second-order valence-electron chi connectivity index (χ2n) is 12.4. The second-order valence-corrected chi connectivity index (χ2v) is 12.4. The van der Waals surface area contributed by atoms with Crippen molar-refractivity contribution in [3.05, 3.63) is 50.6 Å². The minimum Gasteiger partial charge on any atom is -0.427 e. The Morgan fingerprint density at radius 3 is 2.51 bits per heavy atom. The Balaban J connectivity index is 1.68. The van der Waals surface area contributed by atoms with E-state index >= 15 is 0 Å². The van der Waals surface area contributed by atoms with Crippen LogP contribution in [0.4, 0.5) is 13.2 Å². The third-order valence-electron chi connectivity index (χ3n) is 8.85. The summed E-state index contributed by atoms with van der Waals surface area (Å²) >= 11 is 0. The molecule has 1 aromatic rings. The molecule has 0 fully saturated rings. The number of allylic oxidation sites excluding steroid dienone is 1. The minimum atomic E-state index is -4.69. The van der Waals surface area contributed by atoms with E-state index in [1.165, 1.54) is 6.08 Å². The number of amides is 2. The largest absolute Gasteiger partial charge is 0.427 e. The van der Waals surface area contributed by atoms with E-state index in [4.69, 9.17) is 14.9 Å². The molecule has 1 aromatic heterocycles. The van der Waals surface area contributed by atoms with Crippen LogP contribution in [0.25, 0.3) is 6.08 Å². The molecule has 0 saturated carbocycles. The summed E-state index contributed by atoms with van der Waals surface area (Å²) in [6.45, 7) is 10.3. The lowest BCUT2D eigenvalue weighted by Gasteiger charge is -2.35. The average Bonchev–Trinajstić information content (AvgIpc) is 2.95. The molecule has 0 spiro atoms. The first kappa shape index (κ1) is 34.8. The molecule has 43 heavy (non-hydrogen) atoms. The van der Waals surface area contributed by atoms with Gasteiger partial charge < -0.3 is 14.9 Å². The summed E-state index contributed by atoms with van der Waals surface area (Å²) in [6.07, 6.45) is 4.74. The lowest BCUT2D eigenvalue weighted by Crippen LogP contribution is -2.54. The van der Waals surface area contributed by atoms with Crippen LogP contribution in [-0.2, 0) is 20.5 Å². The van der Waals surface area contributed by atoms with Crippen molar-refractivity contribution in [2.24, 2.45) is 17.6 Å². The van der Waals surface area contributed by atoms with Gasteiger partial charge in [-0.2, -0.15) is 13.2 Å². The topological polar surface area (TPSA) is 103 Å². The number of hydrogen-bond acceptors (Lipinski definition) is 6. The number of nitrogens with zero attached hydrogens (tertiary/aromatic N) is 1. The van der Waals surface area contributed by atoms with E-state index in [0.717, 1.165) is 35.3 Å². The van der Waals surface area contributed by atoms with Crippen LogP contribution in [0, 0.1) is 11.8 Å². The molecule has 2 N–H and O–H groups in total. The highest BCUT2D eigenvalue weighted by Gasteiger charge is 2.41. The van der Waals surface area contributed by atoms with Crippen molar-refractivity contribution < 1.29 is 31.9 Å². The molecule has 0 radical (unpaired) electrons. The molecular formula is C33H47F3N2O5. The first-order chi connectivity index (χ1) is 20.3. The van der Waals surface area contributed by atoms with E-state index in [-0.39, 0.29) is 24.5 Å². The lowest BCUT2D eigenvalue weighted by atomic mass is 9.76. The van der Waals surface area contributed by atoms with E-state index in [1.54, 1.807) is 6.92 Å². The van der Waals surface area contributed by atoms with Crippen LogP contribution < -0.4 is 11.4 Å². The zero-order chi connectivity index (χ0) is 31.9. The number of alkyl halides is 3. The first-order valence-electron chi connectivity index (χ1n) is 15.6. The molecule has 0 bridgehead atoms. The number of carbonyl (C=O) groups is 2. The van der Waals surface area contributed by atoms with Gasteiger partial charge in [0, 0.05) is 30.7 Å². The van der Waals surface area contributed by atoms with Gasteiger partial charge in [-0.1, -0.05) is 46.6 Å². The summed E-state index contributed by atoms with van der Waals surface area (Å²) in [5, 5.41) is 0. The predicted octanol–water partition coefficient (Wildman–Crippen LogP) is 6.99. The Bertz CT molecular complexity index is 1250. The van der Waals surface area contributed by atoms with Crippen LogP contribution in [0.3, 0.4) is 0 Å². The number of imide groups is 1. The molecule has 2 amide bonds. The molecule has 1 heterocycles. The summed E-state index contributed by atoms with van der Waals surface area (Å²) in [4.78, 5) is 38.4. The zero-order valence-electron chi connectivity index (χ0n) is 26.1. The van der Waals surface area contributed by atoms with Gasteiger partial charge in [-0.15, -0.1) is 0 Å². The standard InChI is InChI=1S/C33H47F3N2O5/c1-6-10-23-18-26-27(33(34,35)36)19-28(40)43-30(26)25(11-7-2)29(23)42-17-9-8-16-38(20-39)31(41)32(5,37)24-14-12-22(13-15-24)21(3)4/h14,18-22,25,29H,6-13,15-17,37H2,1-5H3/t22?,25?,29?,32-/m0/s1. The normalized spacial score (nSPS) is 22.0. The molecular weight excluding hydrogens is 561 g/mol. The number of halogens is 3. The highest BCUT2D eigenvalue weighted by molar-refractivity contribution is 5.95. The second kappa shape index (κ2) is 14.8. The Kier molecular flexibility index (Phi) is 12.0. The van der Waals surface area contributed by atoms with E-state index < -0.39 is 40.8 Å². The lowest BCUT2D eigenvalue weighted by molar-refractivity contribution is -0.141. The number of hydrogen-bond donors (Lipinski definition) is 1. The van der Waals surface area contributed by atoms with Crippen molar-refractivity contribution in [2.45, 2.75) is 116 Å². The van der Waals surface area contributed by atoms with Crippen LogP contribution >= 0.6 is 0 Å². The fraction of sp³-hybridized carbons (Fsp3) is 0.667. The molecule has 7 nitrogen and oxygen atoms in total. The zero-order valence-corrected chi connectivity index (χ0v) is 26.1. The Hall–Kier alpha value is -2.72. The van der Waals surface area contributed by atoms with Crippen LogP contribution in [0.15, 0.2) is 32.5 Å². The summed E-state index contributed by atoms with van der Waals surface area (Å²) < 4.78 is 53.2. The smallest absolute Gasteiger partial charge is 0.417 e.